The fourth-order valence-corrected chi connectivity index (χ4v) is 4.49. The van der Waals surface area contributed by atoms with Crippen molar-refractivity contribution in [3.05, 3.63) is 51.5 Å². The Morgan fingerprint density at radius 2 is 1.84 bits per heavy atom. The van der Waals surface area contributed by atoms with E-state index in [2.05, 4.69) is 15.9 Å². The van der Waals surface area contributed by atoms with Gasteiger partial charge in [0.2, 0.25) is 5.76 Å². The highest BCUT2D eigenvalue weighted by Gasteiger charge is 2.43. The summed E-state index contributed by atoms with van der Waals surface area (Å²) in [5.74, 6) is -0.428. The summed E-state index contributed by atoms with van der Waals surface area (Å²) in [6.07, 6.45) is 1.15. The third-order valence-corrected chi connectivity index (χ3v) is 6.37. The highest BCUT2D eigenvalue weighted by atomic mass is 79.9. The minimum atomic E-state index is -3.29. The van der Waals surface area contributed by atoms with Gasteiger partial charge in [-0.25, -0.2) is 13.2 Å². The molecule has 0 N–H and O–H groups in total. The standard InChI is InChI=1S/C17H15BrO5S2/c1-17(2)14(10-4-6-12(7-5-10)25(3,20)21)15(16(19)23-17)22-13-8-11(18)9-24-13/h4-9H,1-3H3. The van der Waals surface area contributed by atoms with Crippen LogP contribution in [0.1, 0.15) is 19.4 Å². The molecule has 0 saturated carbocycles. The van der Waals surface area contributed by atoms with Gasteiger partial charge in [0, 0.05) is 22.2 Å². The summed E-state index contributed by atoms with van der Waals surface area (Å²) in [7, 11) is -3.29. The van der Waals surface area contributed by atoms with Crippen molar-refractivity contribution in [2.75, 3.05) is 6.26 Å². The molecule has 5 nitrogen and oxygen atoms in total. The van der Waals surface area contributed by atoms with E-state index in [1.165, 1.54) is 23.5 Å². The monoisotopic (exact) mass is 442 g/mol. The van der Waals surface area contributed by atoms with Crippen LogP contribution in [-0.4, -0.2) is 26.2 Å². The van der Waals surface area contributed by atoms with Crippen LogP contribution in [0.4, 0.5) is 0 Å². The first-order valence-corrected chi connectivity index (χ1v) is 10.8. The van der Waals surface area contributed by atoms with E-state index in [1.807, 2.05) is 5.38 Å². The summed E-state index contributed by atoms with van der Waals surface area (Å²) in [6, 6.07) is 8.10. The zero-order chi connectivity index (χ0) is 18.4. The molecule has 0 spiro atoms. The second-order valence-electron chi connectivity index (χ2n) is 6.09. The van der Waals surface area contributed by atoms with Crippen molar-refractivity contribution in [2.45, 2.75) is 24.3 Å². The maximum Gasteiger partial charge on any atom is 0.375 e. The van der Waals surface area contributed by atoms with E-state index in [9.17, 15) is 13.2 Å². The van der Waals surface area contributed by atoms with E-state index in [0.717, 1.165) is 10.7 Å². The predicted octanol–water partition coefficient (Wildman–Crippen LogP) is 4.04. The molecule has 0 amide bonds. The van der Waals surface area contributed by atoms with Crippen LogP contribution in [0.3, 0.4) is 0 Å². The largest absolute Gasteiger partial charge is 0.449 e. The lowest BCUT2D eigenvalue weighted by molar-refractivity contribution is -0.145. The molecule has 0 atom stereocenters. The normalized spacial score (nSPS) is 16.9. The highest BCUT2D eigenvalue weighted by Crippen LogP contribution is 2.41. The van der Waals surface area contributed by atoms with Gasteiger partial charge in [-0.1, -0.05) is 12.1 Å². The lowest BCUT2D eigenvalue weighted by Gasteiger charge is -2.21. The predicted molar refractivity (Wildman–Crippen MR) is 99.3 cm³/mol. The highest BCUT2D eigenvalue weighted by molar-refractivity contribution is 9.10. The van der Waals surface area contributed by atoms with Gasteiger partial charge in [0.15, 0.2) is 14.9 Å². The van der Waals surface area contributed by atoms with Crippen molar-refractivity contribution in [3.63, 3.8) is 0 Å². The molecule has 0 fully saturated rings. The van der Waals surface area contributed by atoms with Gasteiger partial charge >= 0.3 is 5.97 Å². The molecule has 25 heavy (non-hydrogen) atoms. The van der Waals surface area contributed by atoms with Crippen LogP contribution in [0.2, 0.25) is 0 Å². The number of carbonyl (C=O) groups excluding carboxylic acids is 1. The molecule has 1 aromatic heterocycles. The van der Waals surface area contributed by atoms with Crippen LogP contribution < -0.4 is 4.74 Å². The molecule has 2 heterocycles. The van der Waals surface area contributed by atoms with E-state index in [-0.39, 0.29) is 10.7 Å². The van der Waals surface area contributed by atoms with Gasteiger partial charge in [0.25, 0.3) is 0 Å². The second kappa shape index (κ2) is 6.26. The van der Waals surface area contributed by atoms with E-state index >= 15 is 0 Å². The van der Waals surface area contributed by atoms with E-state index in [0.29, 0.717) is 16.2 Å². The number of rotatable bonds is 4. The summed E-state index contributed by atoms with van der Waals surface area (Å²) in [6.45, 7) is 3.54. The number of benzene rings is 1. The number of sulfone groups is 1. The molecule has 8 heteroatoms. The number of carbonyl (C=O) groups is 1. The Bertz CT molecular complexity index is 969. The fourth-order valence-electron chi connectivity index (χ4n) is 2.59. The van der Waals surface area contributed by atoms with E-state index in [4.69, 9.17) is 9.47 Å². The Balaban J connectivity index is 2.08. The molecule has 0 bridgehead atoms. The maximum atomic E-state index is 12.3. The summed E-state index contributed by atoms with van der Waals surface area (Å²) in [5, 5.41) is 2.41. The second-order valence-corrected chi connectivity index (χ2v) is 9.89. The molecular weight excluding hydrogens is 428 g/mol. The summed E-state index contributed by atoms with van der Waals surface area (Å²) in [4.78, 5) is 12.5. The molecule has 2 aromatic rings. The minimum absolute atomic E-state index is 0.117. The average Bonchev–Trinajstić information content (AvgIpc) is 2.99. The van der Waals surface area contributed by atoms with Crippen molar-refractivity contribution >= 4 is 48.6 Å². The van der Waals surface area contributed by atoms with E-state index < -0.39 is 21.4 Å². The van der Waals surface area contributed by atoms with Crippen molar-refractivity contribution in [3.8, 4) is 5.06 Å². The number of esters is 1. The molecule has 0 unspecified atom stereocenters. The van der Waals surface area contributed by atoms with Gasteiger partial charge in [0.1, 0.15) is 5.60 Å². The number of cyclic esters (lactones) is 1. The van der Waals surface area contributed by atoms with Crippen molar-refractivity contribution in [1.82, 2.24) is 0 Å². The Labute approximate surface area is 158 Å². The zero-order valence-corrected chi connectivity index (χ0v) is 16.9. The Morgan fingerprint density at radius 3 is 2.36 bits per heavy atom. The molecule has 0 saturated heterocycles. The van der Waals surface area contributed by atoms with Gasteiger partial charge in [0.05, 0.1) is 10.5 Å². The van der Waals surface area contributed by atoms with Crippen LogP contribution in [0.5, 0.6) is 5.06 Å². The topological polar surface area (TPSA) is 69.7 Å². The SMILES string of the molecule is CC1(C)OC(=O)C(Oc2cc(Br)cs2)=C1c1ccc(S(C)(=O)=O)cc1. The van der Waals surface area contributed by atoms with E-state index in [1.54, 1.807) is 32.0 Å². The Morgan fingerprint density at radius 1 is 1.20 bits per heavy atom. The molecule has 132 valence electrons. The van der Waals surface area contributed by atoms with Crippen LogP contribution in [0.25, 0.3) is 5.57 Å². The van der Waals surface area contributed by atoms with Gasteiger partial charge < -0.3 is 9.47 Å². The number of halogens is 1. The van der Waals surface area contributed by atoms with Gasteiger partial charge in [-0.15, -0.1) is 11.3 Å². The minimum Gasteiger partial charge on any atom is -0.449 e. The zero-order valence-electron chi connectivity index (χ0n) is 13.7. The summed E-state index contributed by atoms with van der Waals surface area (Å²) < 4.78 is 35.4. The van der Waals surface area contributed by atoms with Crippen molar-refractivity contribution < 1.29 is 22.7 Å². The molecular formula is C17H15BrO5S2. The lowest BCUT2D eigenvalue weighted by atomic mass is 9.92. The average molecular weight is 443 g/mol. The smallest absolute Gasteiger partial charge is 0.375 e. The third-order valence-electron chi connectivity index (χ3n) is 3.68. The summed E-state index contributed by atoms with van der Waals surface area (Å²) in [5.41, 5.74) is 0.379. The van der Waals surface area contributed by atoms with Crippen LogP contribution in [0, 0.1) is 0 Å². The molecule has 1 aliphatic rings. The fraction of sp³-hybridized carbons (Fsp3) is 0.235. The van der Waals surface area contributed by atoms with Crippen LogP contribution >= 0.6 is 27.3 Å². The van der Waals surface area contributed by atoms with Gasteiger partial charge in [-0.05, 0) is 47.5 Å². The van der Waals surface area contributed by atoms with Crippen molar-refractivity contribution in [2.24, 2.45) is 0 Å². The molecule has 0 radical (unpaired) electrons. The maximum absolute atomic E-state index is 12.3. The summed E-state index contributed by atoms with van der Waals surface area (Å²) >= 11 is 4.70. The lowest BCUT2D eigenvalue weighted by Crippen LogP contribution is -2.22. The number of hydrogen-bond donors (Lipinski definition) is 0. The molecule has 0 aliphatic carbocycles. The van der Waals surface area contributed by atoms with Crippen LogP contribution in [0.15, 0.2) is 50.8 Å². The number of hydrogen-bond acceptors (Lipinski definition) is 6. The number of ether oxygens (including phenoxy) is 2. The van der Waals surface area contributed by atoms with Crippen LogP contribution in [-0.2, 0) is 19.4 Å². The third kappa shape index (κ3) is 3.65. The van der Waals surface area contributed by atoms with Gasteiger partial charge in [-0.2, -0.15) is 0 Å². The van der Waals surface area contributed by atoms with Crippen molar-refractivity contribution in [1.29, 1.82) is 0 Å². The first-order valence-electron chi connectivity index (χ1n) is 7.28. The number of thiophene rings is 1. The molecule has 3 rings (SSSR count). The Kier molecular flexibility index (Phi) is 4.55. The molecule has 1 aromatic carbocycles. The molecule has 1 aliphatic heterocycles. The first-order chi connectivity index (χ1) is 11.6. The quantitative estimate of drug-likeness (QED) is 0.668. The Hall–Kier alpha value is -1.64. The first kappa shape index (κ1) is 18.2. The van der Waals surface area contributed by atoms with Gasteiger partial charge in [-0.3, -0.25) is 0 Å².